The molecular weight excluding hydrogens is 468 g/mol. The lowest BCUT2D eigenvalue weighted by Crippen LogP contribution is -2.43. The molecule has 2 aromatic rings. The fourth-order valence-corrected chi connectivity index (χ4v) is 5.11. The Morgan fingerprint density at radius 3 is 2.38 bits per heavy atom. The summed E-state index contributed by atoms with van der Waals surface area (Å²) in [5.41, 5.74) is 3.44. The van der Waals surface area contributed by atoms with Crippen LogP contribution in [0.25, 0.3) is 0 Å². The van der Waals surface area contributed by atoms with Gasteiger partial charge in [0.25, 0.3) is 0 Å². The first kappa shape index (κ1) is 27.1. The van der Waals surface area contributed by atoms with Gasteiger partial charge in [-0.2, -0.15) is 0 Å². The Hall–Kier alpha value is -2.97. The first-order valence-electron chi connectivity index (χ1n) is 13.1. The van der Waals surface area contributed by atoms with Crippen molar-refractivity contribution in [3.63, 3.8) is 0 Å². The minimum absolute atomic E-state index is 0.0135. The molecule has 7 heteroatoms. The predicted molar refractivity (Wildman–Crippen MR) is 144 cm³/mol. The van der Waals surface area contributed by atoms with Crippen molar-refractivity contribution in [2.45, 2.75) is 63.3 Å². The van der Waals surface area contributed by atoms with Gasteiger partial charge in [-0.25, -0.2) is 4.79 Å². The number of amides is 1. The minimum atomic E-state index is -0.544. The lowest BCUT2D eigenvalue weighted by Gasteiger charge is -2.39. The van der Waals surface area contributed by atoms with E-state index >= 15 is 0 Å². The van der Waals surface area contributed by atoms with Crippen molar-refractivity contribution in [1.82, 2.24) is 4.90 Å². The van der Waals surface area contributed by atoms with Crippen molar-refractivity contribution in [2.24, 2.45) is 0 Å². The van der Waals surface area contributed by atoms with Gasteiger partial charge in [-0.3, -0.25) is 10.2 Å². The number of aliphatic hydroxyl groups is 1. The van der Waals surface area contributed by atoms with Crippen LogP contribution in [0.3, 0.4) is 0 Å². The van der Waals surface area contributed by atoms with Crippen molar-refractivity contribution in [3.05, 3.63) is 90.5 Å². The van der Waals surface area contributed by atoms with E-state index in [1.165, 1.54) is 31.8 Å². The van der Waals surface area contributed by atoms with Gasteiger partial charge < -0.3 is 19.3 Å². The lowest BCUT2D eigenvalue weighted by atomic mass is 9.99. The monoisotopic (exact) mass is 506 g/mol. The molecule has 2 fully saturated rings. The van der Waals surface area contributed by atoms with Crippen LogP contribution < -0.4 is 5.32 Å². The molecule has 2 aliphatic rings. The average Bonchev–Trinajstić information content (AvgIpc) is 3.47. The van der Waals surface area contributed by atoms with E-state index < -0.39 is 12.4 Å². The third-order valence-corrected chi connectivity index (χ3v) is 7.02. The Labute approximate surface area is 219 Å². The summed E-state index contributed by atoms with van der Waals surface area (Å²) in [6, 6.07) is 15.9. The molecule has 1 aliphatic heterocycles. The molecule has 1 saturated heterocycles. The normalized spacial score (nSPS) is 22.1. The number of nitrogens with zero attached hydrogens (tertiary/aromatic N) is 1. The van der Waals surface area contributed by atoms with Crippen molar-refractivity contribution >= 4 is 11.8 Å². The third-order valence-electron chi connectivity index (χ3n) is 7.02. The molecule has 2 aromatic carbocycles. The molecule has 0 unspecified atom stereocenters. The van der Waals surface area contributed by atoms with Crippen molar-refractivity contribution < 1.29 is 24.1 Å². The number of benzene rings is 2. The van der Waals surface area contributed by atoms with Gasteiger partial charge in [-0.05, 0) is 36.1 Å². The summed E-state index contributed by atoms with van der Waals surface area (Å²) in [5, 5.41) is 12.1. The molecule has 1 amide bonds. The van der Waals surface area contributed by atoms with Gasteiger partial charge in [0.15, 0.2) is 6.29 Å². The second-order valence-electron chi connectivity index (χ2n) is 9.67. The van der Waals surface area contributed by atoms with Crippen molar-refractivity contribution in [3.8, 4) is 0 Å². The average molecular weight is 507 g/mol. The number of carbonyl (C=O) groups is 1. The molecule has 0 aromatic heterocycles. The van der Waals surface area contributed by atoms with E-state index in [9.17, 15) is 9.90 Å². The van der Waals surface area contributed by atoms with Crippen LogP contribution in [-0.2, 0) is 20.8 Å². The summed E-state index contributed by atoms with van der Waals surface area (Å²) in [7, 11) is 0. The number of ether oxygens (including phenoxy) is 3. The molecule has 7 nitrogen and oxygen atoms in total. The van der Waals surface area contributed by atoms with E-state index in [0.717, 1.165) is 36.2 Å². The molecule has 1 saturated carbocycles. The summed E-state index contributed by atoms with van der Waals surface area (Å²) >= 11 is 0. The van der Waals surface area contributed by atoms with Gasteiger partial charge in [0, 0.05) is 36.8 Å². The number of aliphatic hydroxyl groups excluding tert-OH is 1. The summed E-state index contributed by atoms with van der Waals surface area (Å²) in [4.78, 5) is 14.4. The first-order chi connectivity index (χ1) is 18.1. The van der Waals surface area contributed by atoms with Gasteiger partial charge in [0.05, 0.1) is 18.8 Å². The zero-order chi connectivity index (χ0) is 26.0. The molecule has 1 aliphatic carbocycles. The Kier molecular flexibility index (Phi) is 9.91. The number of anilines is 1. The molecule has 3 atom stereocenters. The Morgan fingerprint density at radius 2 is 1.73 bits per heavy atom. The molecule has 0 bridgehead atoms. The molecule has 37 heavy (non-hydrogen) atoms. The largest absolute Gasteiger partial charge is 0.445 e. The van der Waals surface area contributed by atoms with Gasteiger partial charge >= 0.3 is 6.09 Å². The zero-order valence-electron chi connectivity index (χ0n) is 21.4. The second-order valence-corrected chi connectivity index (χ2v) is 9.67. The highest BCUT2D eigenvalue weighted by Crippen LogP contribution is 2.39. The molecule has 2 N–H and O–H groups in total. The lowest BCUT2D eigenvalue weighted by molar-refractivity contribution is -0.253. The number of hydrogen-bond acceptors (Lipinski definition) is 6. The standard InChI is InChI=1S/C30H38N2O5/c1-3-17-32(26-7-5-6-8-26)20-27-19-28(23-11-9-22(21-33)10-12-23)37-29(36-27)24-13-15-25(16-14-24)31-30(34)35-18-4-2/h3-4,9-16,26-29,33H,1-2,5-8,17-21H2,(H,31,34)/t27-,28+,29+/m0/s1. The first-order valence-corrected chi connectivity index (χ1v) is 13.1. The van der Waals surface area contributed by atoms with Crippen molar-refractivity contribution in [1.29, 1.82) is 0 Å². The Balaban J connectivity index is 1.51. The Morgan fingerprint density at radius 1 is 1.03 bits per heavy atom. The highest BCUT2D eigenvalue weighted by Gasteiger charge is 2.34. The van der Waals surface area contributed by atoms with E-state index in [1.807, 2.05) is 54.6 Å². The number of carbonyl (C=O) groups excluding carboxylic acids is 1. The fraction of sp³-hybridized carbons (Fsp3) is 0.433. The molecule has 4 rings (SSSR count). The van der Waals surface area contributed by atoms with Gasteiger partial charge in [0.2, 0.25) is 0 Å². The highest BCUT2D eigenvalue weighted by molar-refractivity contribution is 5.84. The van der Waals surface area contributed by atoms with E-state index in [4.69, 9.17) is 14.2 Å². The molecule has 198 valence electrons. The molecular formula is C30H38N2O5. The summed E-state index contributed by atoms with van der Waals surface area (Å²) in [5.74, 6) is 0. The zero-order valence-corrected chi connectivity index (χ0v) is 21.4. The summed E-state index contributed by atoms with van der Waals surface area (Å²) in [6.45, 7) is 9.35. The van der Waals surface area contributed by atoms with Crippen LogP contribution in [0, 0.1) is 0 Å². The SMILES string of the molecule is C=CCOC(=O)Nc1ccc([C@@H]2O[C@H](CN(CC=C)C3CCCC3)C[C@H](c3ccc(CO)cc3)O2)cc1. The van der Waals surface area contributed by atoms with Crippen LogP contribution >= 0.6 is 0 Å². The van der Waals surface area contributed by atoms with Crippen LogP contribution in [0.2, 0.25) is 0 Å². The minimum Gasteiger partial charge on any atom is -0.445 e. The number of hydrogen-bond donors (Lipinski definition) is 2. The molecule has 0 spiro atoms. The van der Waals surface area contributed by atoms with E-state index in [-0.39, 0.29) is 25.4 Å². The van der Waals surface area contributed by atoms with Gasteiger partial charge in [-0.15, -0.1) is 6.58 Å². The fourth-order valence-electron chi connectivity index (χ4n) is 5.11. The highest BCUT2D eigenvalue weighted by atomic mass is 16.7. The predicted octanol–water partition coefficient (Wildman–Crippen LogP) is 5.89. The van der Waals surface area contributed by atoms with E-state index in [2.05, 4.69) is 23.4 Å². The van der Waals surface area contributed by atoms with Gasteiger partial charge in [0.1, 0.15) is 6.61 Å². The number of nitrogens with one attached hydrogen (secondary N) is 1. The van der Waals surface area contributed by atoms with Crippen LogP contribution in [-0.4, -0.2) is 47.9 Å². The second kappa shape index (κ2) is 13.5. The van der Waals surface area contributed by atoms with Crippen LogP contribution in [0.1, 0.15) is 61.2 Å². The molecule has 0 radical (unpaired) electrons. The van der Waals surface area contributed by atoms with Gasteiger partial charge in [-0.1, -0.05) is 68.0 Å². The van der Waals surface area contributed by atoms with Crippen LogP contribution in [0.4, 0.5) is 10.5 Å². The topological polar surface area (TPSA) is 80.3 Å². The summed E-state index contributed by atoms with van der Waals surface area (Å²) < 4.78 is 18.0. The Bertz CT molecular complexity index is 1020. The van der Waals surface area contributed by atoms with Crippen LogP contribution in [0.5, 0.6) is 0 Å². The molecule has 1 heterocycles. The quantitative estimate of drug-likeness (QED) is 0.370. The maximum absolute atomic E-state index is 11.9. The maximum atomic E-state index is 11.9. The van der Waals surface area contributed by atoms with E-state index in [0.29, 0.717) is 11.7 Å². The number of rotatable bonds is 11. The van der Waals surface area contributed by atoms with Crippen LogP contribution in [0.15, 0.2) is 73.8 Å². The smallest absolute Gasteiger partial charge is 0.411 e. The third kappa shape index (κ3) is 7.52. The maximum Gasteiger partial charge on any atom is 0.411 e. The summed E-state index contributed by atoms with van der Waals surface area (Å²) in [6.07, 6.45) is 7.99. The van der Waals surface area contributed by atoms with Crippen molar-refractivity contribution in [2.75, 3.05) is 25.0 Å². The van der Waals surface area contributed by atoms with E-state index in [1.54, 1.807) is 0 Å².